The second kappa shape index (κ2) is 8.73. The van der Waals surface area contributed by atoms with Crippen molar-refractivity contribution in [1.82, 2.24) is 0 Å². The molecule has 6 nitrogen and oxygen atoms in total. The average Bonchev–Trinajstić information content (AvgIpc) is 2.68. The molecule has 0 aliphatic rings. The number of methoxy groups -OCH3 is 1. The van der Waals surface area contributed by atoms with Crippen LogP contribution in [0.1, 0.15) is 15.9 Å². The first kappa shape index (κ1) is 20.5. The summed E-state index contributed by atoms with van der Waals surface area (Å²) in [6.45, 7) is 0. The Morgan fingerprint density at radius 3 is 2.36 bits per heavy atom. The van der Waals surface area contributed by atoms with E-state index in [4.69, 9.17) is 5.26 Å². The van der Waals surface area contributed by atoms with Crippen molar-refractivity contribution in [3.05, 3.63) is 71.4 Å². The van der Waals surface area contributed by atoms with Crippen LogP contribution in [0.2, 0.25) is 0 Å². The van der Waals surface area contributed by atoms with Gasteiger partial charge in [-0.05, 0) is 42.5 Å². The number of nitrogens with zero attached hydrogens (tertiary/aromatic N) is 1. The molecule has 9 heteroatoms. The molecule has 0 saturated heterocycles. The Labute approximate surface area is 158 Å². The zero-order chi connectivity index (χ0) is 20.7. The standard InChI is InChI=1S/C19H14F3N3O3/c1-28-18(27)12-5-7-15(8-6-12)24-11-13(10-23)17(26)25-16-4-2-3-14(9-16)19(20,21)22/h2-9,11,24H,1H3,(H,25,26)/b13-11-. The van der Waals surface area contributed by atoms with Gasteiger partial charge < -0.3 is 15.4 Å². The zero-order valence-corrected chi connectivity index (χ0v) is 14.5. The molecular formula is C19H14F3N3O3. The molecule has 0 saturated carbocycles. The van der Waals surface area contributed by atoms with Crippen LogP contribution in [0.25, 0.3) is 0 Å². The van der Waals surface area contributed by atoms with Gasteiger partial charge in [-0.25, -0.2) is 4.79 Å². The minimum atomic E-state index is -4.55. The lowest BCUT2D eigenvalue weighted by Crippen LogP contribution is -2.15. The van der Waals surface area contributed by atoms with Crippen LogP contribution in [0.3, 0.4) is 0 Å². The van der Waals surface area contributed by atoms with Gasteiger partial charge in [0.05, 0.1) is 18.2 Å². The lowest BCUT2D eigenvalue weighted by molar-refractivity contribution is -0.137. The maximum absolute atomic E-state index is 12.7. The monoisotopic (exact) mass is 389 g/mol. The van der Waals surface area contributed by atoms with E-state index in [2.05, 4.69) is 15.4 Å². The maximum Gasteiger partial charge on any atom is 0.416 e. The predicted octanol–water partition coefficient (Wildman–Crippen LogP) is 3.95. The van der Waals surface area contributed by atoms with E-state index in [9.17, 15) is 22.8 Å². The van der Waals surface area contributed by atoms with Crippen LogP contribution in [0.15, 0.2) is 60.3 Å². The molecule has 0 radical (unpaired) electrons. The van der Waals surface area contributed by atoms with Crippen molar-refractivity contribution in [2.45, 2.75) is 6.18 Å². The first-order valence-corrected chi connectivity index (χ1v) is 7.78. The van der Waals surface area contributed by atoms with Crippen LogP contribution in [0.4, 0.5) is 24.5 Å². The minimum Gasteiger partial charge on any atom is -0.465 e. The summed E-state index contributed by atoms with van der Waals surface area (Å²) < 4.78 is 42.7. The summed E-state index contributed by atoms with van der Waals surface area (Å²) in [6, 6.07) is 11.8. The fourth-order valence-corrected chi connectivity index (χ4v) is 2.10. The van der Waals surface area contributed by atoms with Gasteiger partial charge in [0.25, 0.3) is 5.91 Å². The summed E-state index contributed by atoms with van der Waals surface area (Å²) in [5.41, 5.74) is -0.568. The molecule has 0 atom stereocenters. The van der Waals surface area contributed by atoms with Gasteiger partial charge in [-0.2, -0.15) is 18.4 Å². The number of ether oxygens (including phenoxy) is 1. The quantitative estimate of drug-likeness (QED) is 0.459. The van der Waals surface area contributed by atoms with Crippen molar-refractivity contribution in [1.29, 1.82) is 5.26 Å². The molecule has 0 spiro atoms. The minimum absolute atomic E-state index is 0.0941. The summed E-state index contributed by atoms with van der Waals surface area (Å²) in [4.78, 5) is 23.5. The van der Waals surface area contributed by atoms with E-state index in [1.807, 2.05) is 0 Å². The lowest BCUT2D eigenvalue weighted by atomic mass is 10.2. The average molecular weight is 389 g/mol. The number of nitriles is 1. The van der Waals surface area contributed by atoms with E-state index in [0.29, 0.717) is 11.3 Å². The third-order valence-electron chi connectivity index (χ3n) is 3.50. The van der Waals surface area contributed by atoms with Crippen LogP contribution in [-0.4, -0.2) is 19.0 Å². The highest BCUT2D eigenvalue weighted by Gasteiger charge is 2.30. The highest BCUT2D eigenvalue weighted by molar-refractivity contribution is 6.06. The molecule has 2 N–H and O–H groups in total. The summed E-state index contributed by atoms with van der Waals surface area (Å²) in [5.74, 6) is -1.39. The molecule has 2 aromatic rings. The Morgan fingerprint density at radius 1 is 1.11 bits per heavy atom. The zero-order valence-electron chi connectivity index (χ0n) is 14.5. The maximum atomic E-state index is 12.7. The van der Waals surface area contributed by atoms with Crippen LogP contribution >= 0.6 is 0 Å². The van der Waals surface area contributed by atoms with Crippen molar-refractivity contribution < 1.29 is 27.5 Å². The molecule has 144 valence electrons. The van der Waals surface area contributed by atoms with Gasteiger partial charge in [-0.1, -0.05) is 6.07 Å². The Morgan fingerprint density at radius 2 is 1.79 bits per heavy atom. The molecule has 1 amide bonds. The van der Waals surface area contributed by atoms with Crippen molar-refractivity contribution >= 4 is 23.3 Å². The van der Waals surface area contributed by atoms with E-state index in [1.54, 1.807) is 6.07 Å². The Hall–Kier alpha value is -3.80. The molecule has 0 heterocycles. The topological polar surface area (TPSA) is 91.2 Å². The molecule has 0 aliphatic carbocycles. The molecule has 2 rings (SSSR count). The fourth-order valence-electron chi connectivity index (χ4n) is 2.10. The molecule has 0 aromatic heterocycles. The molecule has 0 fully saturated rings. The van der Waals surface area contributed by atoms with E-state index in [-0.39, 0.29) is 11.3 Å². The number of amides is 1. The van der Waals surface area contributed by atoms with Crippen molar-refractivity contribution in [3.63, 3.8) is 0 Å². The molecule has 0 aliphatic heterocycles. The highest BCUT2D eigenvalue weighted by Crippen LogP contribution is 2.30. The lowest BCUT2D eigenvalue weighted by Gasteiger charge is -2.09. The number of anilines is 2. The number of benzene rings is 2. The van der Waals surface area contributed by atoms with Gasteiger partial charge in [0, 0.05) is 17.6 Å². The predicted molar refractivity (Wildman–Crippen MR) is 95.2 cm³/mol. The number of carbonyl (C=O) groups is 2. The molecule has 0 bridgehead atoms. The van der Waals surface area contributed by atoms with Gasteiger partial charge >= 0.3 is 12.1 Å². The van der Waals surface area contributed by atoms with Gasteiger partial charge in [-0.15, -0.1) is 0 Å². The number of esters is 1. The number of hydrogen-bond donors (Lipinski definition) is 2. The van der Waals surface area contributed by atoms with Crippen molar-refractivity contribution in [2.75, 3.05) is 17.7 Å². The molecule has 28 heavy (non-hydrogen) atoms. The Balaban J connectivity index is 2.09. The number of carbonyl (C=O) groups excluding carboxylic acids is 2. The van der Waals surface area contributed by atoms with Gasteiger partial charge in [0.2, 0.25) is 0 Å². The third-order valence-corrected chi connectivity index (χ3v) is 3.50. The van der Waals surface area contributed by atoms with Crippen LogP contribution in [0.5, 0.6) is 0 Å². The van der Waals surface area contributed by atoms with Crippen molar-refractivity contribution in [2.24, 2.45) is 0 Å². The van der Waals surface area contributed by atoms with Crippen LogP contribution in [-0.2, 0) is 15.7 Å². The Kier molecular flexibility index (Phi) is 6.39. The third kappa shape index (κ3) is 5.35. The number of halogens is 3. The number of rotatable bonds is 5. The van der Waals surface area contributed by atoms with Gasteiger partial charge in [0.15, 0.2) is 0 Å². The number of hydrogen-bond acceptors (Lipinski definition) is 5. The molecule has 2 aromatic carbocycles. The van der Waals surface area contributed by atoms with E-state index in [0.717, 1.165) is 24.4 Å². The smallest absolute Gasteiger partial charge is 0.416 e. The van der Waals surface area contributed by atoms with E-state index < -0.39 is 23.6 Å². The first-order chi connectivity index (χ1) is 13.2. The summed E-state index contributed by atoms with van der Waals surface area (Å²) in [7, 11) is 1.25. The molecular weight excluding hydrogens is 375 g/mol. The van der Waals surface area contributed by atoms with Crippen LogP contribution < -0.4 is 10.6 Å². The number of alkyl halides is 3. The second-order valence-electron chi connectivity index (χ2n) is 5.42. The number of nitrogens with one attached hydrogen (secondary N) is 2. The Bertz CT molecular complexity index is 945. The SMILES string of the molecule is COC(=O)c1ccc(N/C=C(/C#N)C(=O)Nc2cccc(C(F)(F)F)c2)cc1. The highest BCUT2D eigenvalue weighted by atomic mass is 19.4. The largest absolute Gasteiger partial charge is 0.465 e. The van der Waals surface area contributed by atoms with Gasteiger partial charge in [0.1, 0.15) is 11.6 Å². The van der Waals surface area contributed by atoms with E-state index in [1.165, 1.54) is 37.4 Å². The first-order valence-electron chi connectivity index (χ1n) is 7.78. The van der Waals surface area contributed by atoms with Crippen molar-refractivity contribution in [3.8, 4) is 6.07 Å². The van der Waals surface area contributed by atoms with Gasteiger partial charge in [-0.3, -0.25) is 4.79 Å². The van der Waals surface area contributed by atoms with Crippen LogP contribution in [0, 0.1) is 11.3 Å². The normalized spacial score (nSPS) is 11.3. The molecule has 0 unspecified atom stereocenters. The second-order valence-corrected chi connectivity index (χ2v) is 5.42. The van der Waals surface area contributed by atoms with E-state index >= 15 is 0 Å². The fraction of sp³-hybridized carbons (Fsp3) is 0.105. The summed E-state index contributed by atoms with van der Waals surface area (Å²) in [6.07, 6.45) is -3.44. The summed E-state index contributed by atoms with van der Waals surface area (Å²) in [5, 5.41) is 14.1. The summed E-state index contributed by atoms with van der Waals surface area (Å²) >= 11 is 0.